The van der Waals surface area contributed by atoms with Crippen molar-refractivity contribution in [1.82, 2.24) is 0 Å². The molecule has 0 saturated heterocycles. The van der Waals surface area contributed by atoms with Gasteiger partial charge in [0.25, 0.3) is 0 Å². The Morgan fingerprint density at radius 3 is 1.73 bits per heavy atom. The Morgan fingerprint density at radius 2 is 0.904 bits per heavy atom. The molecule has 0 fully saturated rings. The zero-order valence-electron chi connectivity index (χ0n) is 28.4. The number of hydrogen-bond acceptors (Lipinski definition) is 2. The topological polar surface area (TPSA) is 3.24 Å². The fourth-order valence-electron chi connectivity index (χ4n) is 7.74. The third kappa shape index (κ3) is 5.24. The first-order chi connectivity index (χ1) is 25.8. The van der Waals surface area contributed by atoms with Crippen molar-refractivity contribution in [3.05, 3.63) is 200 Å². The molecule has 0 aliphatic heterocycles. The Hall–Kier alpha value is -6.48. The lowest BCUT2D eigenvalue weighted by Gasteiger charge is -2.27. The quantitative estimate of drug-likeness (QED) is 0.158. The van der Waals surface area contributed by atoms with E-state index in [0.717, 1.165) is 17.1 Å². The van der Waals surface area contributed by atoms with Crippen molar-refractivity contribution in [2.45, 2.75) is 0 Å². The molecule has 0 N–H and O–H groups in total. The minimum absolute atomic E-state index is 1.11. The summed E-state index contributed by atoms with van der Waals surface area (Å²) in [6, 6.07) is 72.9. The summed E-state index contributed by atoms with van der Waals surface area (Å²) in [5, 5.41) is 7.69. The molecule has 0 aliphatic rings. The van der Waals surface area contributed by atoms with Gasteiger partial charge >= 0.3 is 0 Å². The maximum Gasteiger partial charge on any atom is 0.0468 e. The van der Waals surface area contributed by atoms with Gasteiger partial charge in [0.1, 0.15) is 0 Å². The third-order valence-electron chi connectivity index (χ3n) is 10.3. The second kappa shape index (κ2) is 12.7. The number of nitrogens with zero attached hydrogens (tertiary/aromatic N) is 1. The number of thiophene rings is 1. The van der Waals surface area contributed by atoms with Gasteiger partial charge in [0.2, 0.25) is 0 Å². The minimum atomic E-state index is 1.11. The Kier molecular flexibility index (Phi) is 7.41. The first-order valence-corrected chi connectivity index (χ1v) is 18.6. The summed E-state index contributed by atoms with van der Waals surface area (Å²) in [4.78, 5) is 2.37. The van der Waals surface area contributed by atoms with Crippen LogP contribution in [0.5, 0.6) is 0 Å². The number of benzene rings is 9. The predicted octanol–water partition coefficient (Wildman–Crippen LogP) is 14.8. The molecule has 1 heterocycles. The van der Waals surface area contributed by atoms with Gasteiger partial charge in [-0.25, -0.2) is 0 Å². The molecule has 0 radical (unpaired) electrons. The molecule has 244 valence electrons. The molecule has 9 aromatic carbocycles. The van der Waals surface area contributed by atoms with Crippen LogP contribution in [0.15, 0.2) is 200 Å². The second-order valence-corrected chi connectivity index (χ2v) is 14.4. The number of hydrogen-bond donors (Lipinski definition) is 0. The molecular formula is C50H33NS. The Morgan fingerprint density at radius 1 is 0.308 bits per heavy atom. The van der Waals surface area contributed by atoms with Crippen molar-refractivity contribution in [2.75, 3.05) is 4.90 Å². The van der Waals surface area contributed by atoms with Crippen LogP contribution in [0.4, 0.5) is 17.1 Å². The van der Waals surface area contributed by atoms with Crippen molar-refractivity contribution in [1.29, 1.82) is 0 Å². The first-order valence-electron chi connectivity index (χ1n) is 17.8. The summed E-state index contributed by atoms with van der Waals surface area (Å²) in [7, 11) is 0. The SMILES string of the molecule is c1ccc(-c2ccc(N(c3ccccc3)c3ccc(-c4cccc5c4sc4ccccc45)cc3)cc2-c2ccc3ccc4ccccc4c3c2)cc1. The fraction of sp³-hybridized carbons (Fsp3) is 0. The van der Waals surface area contributed by atoms with Gasteiger partial charge < -0.3 is 4.90 Å². The van der Waals surface area contributed by atoms with Crippen molar-refractivity contribution >= 4 is 70.1 Å². The largest absolute Gasteiger partial charge is 0.310 e. The lowest BCUT2D eigenvalue weighted by molar-refractivity contribution is 1.28. The van der Waals surface area contributed by atoms with E-state index in [-0.39, 0.29) is 0 Å². The van der Waals surface area contributed by atoms with E-state index >= 15 is 0 Å². The highest BCUT2D eigenvalue weighted by atomic mass is 32.1. The molecule has 0 atom stereocenters. The molecule has 10 rings (SSSR count). The smallest absolute Gasteiger partial charge is 0.0468 e. The minimum Gasteiger partial charge on any atom is -0.310 e. The summed E-state index contributed by atoms with van der Waals surface area (Å²) in [5.74, 6) is 0. The molecular weight excluding hydrogens is 647 g/mol. The van der Waals surface area contributed by atoms with Gasteiger partial charge in [-0.05, 0) is 103 Å². The van der Waals surface area contributed by atoms with Crippen LogP contribution in [0.3, 0.4) is 0 Å². The van der Waals surface area contributed by atoms with Crippen molar-refractivity contribution in [2.24, 2.45) is 0 Å². The maximum absolute atomic E-state index is 2.37. The monoisotopic (exact) mass is 679 g/mol. The van der Waals surface area contributed by atoms with Crippen molar-refractivity contribution in [3.8, 4) is 33.4 Å². The van der Waals surface area contributed by atoms with E-state index in [1.165, 1.54) is 75.1 Å². The van der Waals surface area contributed by atoms with E-state index in [1.54, 1.807) is 0 Å². The summed E-state index contributed by atoms with van der Waals surface area (Å²) in [5.41, 5.74) is 10.6. The van der Waals surface area contributed by atoms with E-state index in [1.807, 2.05) is 11.3 Å². The van der Waals surface area contributed by atoms with E-state index in [0.29, 0.717) is 0 Å². The Labute approximate surface area is 307 Å². The third-order valence-corrected chi connectivity index (χ3v) is 11.5. The van der Waals surface area contributed by atoms with Crippen LogP contribution >= 0.6 is 11.3 Å². The van der Waals surface area contributed by atoms with Crippen molar-refractivity contribution < 1.29 is 0 Å². The predicted molar refractivity (Wildman–Crippen MR) is 225 cm³/mol. The van der Waals surface area contributed by atoms with Crippen LogP contribution in [0.2, 0.25) is 0 Å². The summed E-state index contributed by atoms with van der Waals surface area (Å²) in [6.07, 6.45) is 0. The second-order valence-electron chi connectivity index (χ2n) is 13.3. The van der Waals surface area contributed by atoms with Crippen LogP contribution in [0.25, 0.3) is 75.1 Å². The van der Waals surface area contributed by atoms with Crippen LogP contribution in [-0.4, -0.2) is 0 Å². The van der Waals surface area contributed by atoms with Gasteiger partial charge in [0, 0.05) is 37.2 Å². The fourth-order valence-corrected chi connectivity index (χ4v) is 8.98. The van der Waals surface area contributed by atoms with E-state index in [9.17, 15) is 0 Å². The molecule has 0 unspecified atom stereocenters. The van der Waals surface area contributed by atoms with Gasteiger partial charge in [0.15, 0.2) is 0 Å². The van der Waals surface area contributed by atoms with Gasteiger partial charge in [-0.3, -0.25) is 0 Å². The Balaban J connectivity index is 1.13. The number of anilines is 3. The van der Waals surface area contributed by atoms with E-state index in [4.69, 9.17) is 0 Å². The number of fused-ring (bicyclic) bond motifs is 6. The summed E-state index contributed by atoms with van der Waals surface area (Å²) < 4.78 is 2.66. The van der Waals surface area contributed by atoms with Crippen LogP contribution in [-0.2, 0) is 0 Å². The highest BCUT2D eigenvalue weighted by Gasteiger charge is 2.18. The summed E-state index contributed by atoms with van der Waals surface area (Å²) >= 11 is 1.88. The van der Waals surface area contributed by atoms with Crippen LogP contribution in [0, 0.1) is 0 Å². The number of para-hydroxylation sites is 1. The number of rotatable bonds is 6. The average Bonchev–Trinajstić information content (AvgIpc) is 3.61. The van der Waals surface area contributed by atoms with E-state index in [2.05, 4.69) is 205 Å². The lowest BCUT2D eigenvalue weighted by atomic mass is 9.91. The molecule has 0 bridgehead atoms. The highest BCUT2D eigenvalue weighted by Crippen LogP contribution is 2.44. The summed E-state index contributed by atoms with van der Waals surface area (Å²) in [6.45, 7) is 0. The molecule has 0 spiro atoms. The van der Waals surface area contributed by atoms with Gasteiger partial charge in [-0.15, -0.1) is 11.3 Å². The Bertz CT molecular complexity index is 2890. The van der Waals surface area contributed by atoms with Gasteiger partial charge in [0.05, 0.1) is 0 Å². The molecule has 1 aromatic heterocycles. The van der Waals surface area contributed by atoms with Crippen molar-refractivity contribution in [3.63, 3.8) is 0 Å². The highest BCUT2D eigenvalue weighted by molar-refractivity contribution is 7.26. The van der Waals surface area contributed by atoms with Crippen LogP contribution < -0.4 is 4.90 Å². The zero-order chi connectivity index (χ0) is 34.4. The molecule has 0 aliphatic carbocycles. The lowest BCUT2D eigenvalue weighted by Crippen LogP contribution is -2.10. The molecule has 10 aromatic rings. The molecule has 0 amide bonds. The van der Waals surface area contributed by atoms with Crippen LogP contribution in [0.1, 0.15) is 0 Å². The average molecular weight is 680 g/mol. The first kappa shape index (κ1) is 30.4. The normalized spacial score (nSPS) is 11.5. The zero-order valence-corrected chi connectivity index (χ0v) is 29.2. The molecule has 52 heavy (non-hydrogen) atoms. The molecule has 0 saturated carbocycles. The van der Waals surface area contributed by atoms with Gasteiger partial charge in [-0.2, -0.15) is 0 Å². The molecule has 1 nitrogen and oxygen atoms in total. The maximum atomic E-state index is 2.37. The van der Waals surface area contributed by atoms with E-state index < -0.39 is 0 Å². The van der Waals surface area contributed by atoms with Gasteiger partial charge in [-0.1, -0.05) is 152 Å². The standard InChI is InChI=1S/C50H33NS/c1-3-12-34(13-4-1)43-31-30-41(33-48(43)38-25-24-37-23-22-35-14-7-8-17-42(35)47(37)32-38)51(39-15-5-2-6-16-39)40-28-26-36(27-29-40)44-19-11-20-46-45-18-9-10-21-49(45)52-50(44)46/h1-33H. The molecule has 2 heteroatoms.